The van der Waals surface area contributed by atoms with Crippen LogP contribution in [0.2, 0.25) is 5.02 Å². The minimum absolute atomic E-state index is 0.114. The van der Waals surface area contributed by atoms with Gasteiger partial charge in [0.15, 0.2) is 0 Å². The van der Waals surface area contributed by atoms with Crippen molar-refractivity contribution in [3.05, 3.63) is 59.1 Å². The number of urea groups is 1. The Labute approximate surface area is 149 Å². The van der Waals surface area contributed by atoms with Crippen LogP contribution in [0.25, 0.3) is 0 Å². The molecule has 2 rings (SSSR count). The zero-order chi connectivity index (χ0) is 18.2. The standard InChI is InChI=1S/C17H17ClN4O3/c1-2-15(23)19-13-8-6-11(7-9-13)16(24)21-22-17(25)20-14-5-3-4-12(18)10-14/h3-10H,2H2,1H3,(H,19,23)(H,21,24)(H2,20,22,25). The van der Waals surface area contributed by atoms with Crippen molar-refractivity contribution >= 4 is 40.8 Å². The fourth-order valence-electron chi connectivity index (χ4n) is 1.87. The Morgan fingerprint density at radius 2 is 1.64 bits per heavy atom. The maximum Gasteiger partial charge on any atom is 0.337 e. The summed E-state index contributed by atoms with van der Waals surface area (Å²) in [6.45, 7) is 1.75. The summed E-state index contributed by atoms with van der Waals surface area (Å²) in [5.74, 6) is -0.605. The lowest BCUT2D eigenvalue weighted by molar-refractivity contribution is -0.115. The van der Waals surface area contributed by atoms with Gasteiger partial charge in [-0.2, -0.15) is 0 Å². The Bertz CT molecular complexity index is 778. The van der Waals surface area contributed by atoms with Gasteiger partial charge in [0.1, 0.15) is 0 Å². The second-order valence-corrected chi connectivity index (χ2v) is 5.46. The minimum Gasteiger partial charge on any atom is -0.326 e. The molecule has 0 aliphatic rings. The molecule has 2 aromatic rings. The van der Waals surface area contributed by atoms with Gasteiger partial charge in [-0.15, -0.1) is 0 Å². The number of carbonyl (C=O) groups is 3. The van der Waals surface area contributed by atoms with E-state index in [0.717, 1.165) is 0 Å². The van der Waals surface area contributed by atoms with Gasteiger partial charge in [0.2, 0.25) is 5.91 Å². The fraction of sp³-hybridized carbons (Fsp3) is 0.118. The average Bonchev–Trinajstić information content (AvgIpc) is 2.60. The van der Waals surface area contributed by atoms with Crippen molar-refractivity contribution in [2.24, 2.45) is 0 Å². The summed E-state index contributed by atoms with van der Waals surface area (Å²) in [5.41, 5.74) is 5.95. The third kappa shape index (κ3) is 5.82. The number of amides is 4. The van der Waals surface area contributed by atoms with Crippen molar-refractivity contribution in [1.29, 1.82) is 0 Å². The van der Waals surface area contributed by atoms with E-state index in [0.29, 0.717) is 28.4 Å². The highest BCUT2D eigenvalue weighted by atomic mass is 35.5. The average molecular weight is 361 g/mol. The van der Waals surface area contributed by atoms with Gasteiger partial charge in [-0.25, -0.2) is 10.2 Å². The van der Waals surface area contributed by atoms with Crippen LogP contribution in [-0.2, 0) is 4.79 Å². The monoisotopic (exact) mass is 360 g/mol. The first kappa shape index (κ1) is 18.3. The topological polar surface area (TPSA) is 99.3 Å². The van der Waals surface area contributed by atoms with Crippen LogP contribution in [0.3, 0.4) is 0 Å². The van der Waals surface area contributed by atoms with Crippen LogP contribution in [0.1, 0.15) is 23.7 Å². The van der Waals surface area contributed by atoms with Crippen LogP contribution in [0, 0.1) is 0 Å². The van der Waals surface area contributed by atoms with Crippen molar-refractivity contribution < 1.29 is 14.4 Å². The predicted molar refractivity (Wildman–Crippen MR) is 96.4 cm³/mol. The lowest BCUT2D eigenvalue weighted by Gasteiger charge is -2.10. The largest absolute Gasteiger partial charge is 0.337 e. The van der Waals surface area contributed by atoms with Crippen molar-refractivity contribution in [2.45, 2.75) is 13.3 Å². The van der Waals surface area contributed by atoms with Crippen LogP contribution in [-0.4, -0.2) is 17.8 Å². The first-order valence-electron chi connectivity index (χ1n) is 7.50. The van der Waals surface area contributed by atoms with E-state index in [1.54, 1.807) is 43.3 Å². The second kappa shape index (κ2) is 8.70. The third-order valence-electron chi connectivity index (χ3n) is 3.12. The third-order valence-corrected chi connectivity index (χ3v) is 3.36. The number of rotatable bonds is 4. The minimum atomic E-state index is -0.609. The molecule has 0 unspecified atom stereocenters. The molecule has 25 heavy (non-hydrogen) atoms. The van der Waals surface area contributed by atoms with Gasteiger partial charge in [0.05, 0.1) is 0 Å². The molecule has 0 aliphatic heterocycles. The maximum absolute atomic E-state index is 12.0. The van der Waals surface area contributed by atoms with Gasteiger partial charge in [-0.05, 0) is 42.5 Å². The number of benzene rings is 2. The highest BCUT2D eigenvalue weighted by molar-refractivity contribution is 6.30. The zero-order valence-corrected chi connectivity index (χ0v) is 14.2. The number of hydrogen-bond acceptors (Lipinski definition) is 3. The van der Waals surface area contributed by atoms with Gasteiger partial charge in [-0.1, -0.05) is 24.6 Å². The predicted octanol–water partition coefficient (Wildman–Crippen LogP) is 3.16. The Morgan fingerprint density at radius 1 is 0.920 bits per heavy atom. The van der Waals surface area contributed by atoms with E-state index >= 15 is 0 Å². The van der Waals surface area contributed by atoms with Crippen LogP contribution in [0.5, 0.6) is 0 Å². The molecule has 0 fully saturated rings. The number of anilines is 2. The number of carbonyl (C=O) groups excluding carboxylic acids is 3. The molecule has 2 aromatic carbocycles. The Hall–Kier alpha value is -3.06. The summed E-state index contributed by atoms with van der Waals surface area (Å²) in [4.78, 5) is 35.0. The van der Waals surface area contributed by atoms with Crippen molar-refractivity contribution in [3.63, 3.8) is 0 Å². The van der Waals surface area contributed by atoms with E-state index in [2.05, 4.69) is 21.5 Å². The van der Waals surface area contributed by atoms with E-state index in [1.807, 2.05) is 0 Å². The van der Waals surface area contributed by atoms with Crippen LogP contribution >= 0.6 is 11.6 Å². The van der Waals surface area contributed by atoms with Gasteiger partial charge in [-0.3, -0.25) is 15.0 Å². The van der Waals surface area contributed by atoms with Crippen LogP contribution in [0.15, 0.2) is 48.5 Å². The summed E-state index contributed by atoms with van der Waals surface area (Å²) >= 11 is 5.82. The number of hydrogen-bond donors (Lipinski definition) is 4. The summed E-state index contributed by atoms with van der Waals surface area (Å²) in [6.07, 6.45) is 0.369. The first-order chi connectivity index (χ1) is 12.0. The fourth-order valence-corrected chi connectivity index (χ4v) is 2.06. The Morgan fingerprint density at radius 3 is 2.28 bits per heavy atom. The molecular formula is C17H17ClN4O3. The molecule has 0 spiro atoms. The normalized spacial score (nSPS) is 9.84. The van der Waals surface area contributed by atoms with E-state index in [9.17, 15) is 14.4 Å². The molecule has 0 saturated heterocycles. The summed E-state index contributed by atoms with van der Waals surface area (Å²) < 4.78 is 0. The van der Waals surface area contributed by atoms with Crippen molar-refractivity contribution in [2.75, 3.05) is 10.6 Å². The lowest BCUT2D eigenvalue weighted by atomic mass is 10.2. The highest BCUT2D eigenvalue weighted by Crippen LogP contribution is 2.14. The molecule has 8 heteroatoms. The summed E-state index contributed by atoms with van der Waals surface area (Å²) in [5, 5.41) is 5.69. The van der Waals surface area contributed by atoms with Crippen molar-refractivity contribution in [1.82, 2.24) is 10.9 Å². The molecule has 130 valence electrons. The lowest BCUT2D eigenvalue weighted by Crippen LogP contribution is -2.43. The smallest absolute Gasteiger partial charge is 0.326 e. The van der Waals surface area contributed by atoms with Crippen molar-refractivity contribution in [3.8, 4) is 0 Å². The highest BCUT2D eigenvalue weighted by Gasteiger charge is 2.08. The first-order valence-corrected chi connectivity index (χ1v) is 7.88. The van der Waals surface area contributed by atoms with Crippen LogP contribution < -0.4 is 21.5 Å². The quantitative estimate of drug-likeness (QED) is 0.630. The molecular weight excluding hydrogens is 344 g/mol. The SMILES string of the molecule is CCC(=O)Nc1ccc(C(=O)NNC(=O)Nc2cccc(Cl)c2)cc1. The maximum atomic E-state index is 12.0. The summed E-state index contributed by atoms with van der Waals surface area (Å²) in [7, 11) is 0. The van der Waals surface area contributed by atoms with E-state index < -0.39 is 11.9 Å². The van der Waals surface area contributed by atoms with E-state index in [-0.39, 0.29) is 5.91 Å². The van der Waals surface area contributed by atoms with Gasteiger partial charge < -0.3 is 10.6 Å². The second-order valence-electron chi connectivity index (χ2n) is 5.02. The Kier molecular flexibility index (Phi) is 6.36. The molecule has 4 N–H and O–H groups in total. The number of hydrazine groups is 1. The molecule has 0 heterocycles. The summed E-state index contributed by atoms with van der Waals surface area (Å²) in [6, 6.07) is 12.3. The molecule has 0 atom stereocenters. The number of nitrogens with one attached hydrogen (secondary N) is 4. The zero-order valence-electron chi connectivity index (χ0n) is 13.4. The molecule has 0 saturated carbocycles. The van der Waals surface area contributed by atoms with E-state index in [4.69, 9.17) is 11.6 Å². The molecule has 0 aromatic heterocycles. The van der Waals surface area contributed by atoms with Gasteiger partial charge in [0, 0.05) is 28.4 Å². The van der Waals surface area contributed by atoms with E-state index in [1.165, 1.54) is 12.1 Å². The molecule has 4 amide bonds. The molecule has 0 aliphatic carbocycles. The molecule has 7 nitrogen and oxygen atoms in total. The van der Waals surface area contributed by atoms with Crippen LogP contribution in [0.4, 0.5) is 16.2 Å². The number of halogens is 1. The molecule has 0 bridgehead atoms. The van der Waals surface area contributed by atoms with Gasteiger partial charge >= 0.3 is 6.03 Å². The van der Waals surface area contributed by atoms with Gasteiger partial charge in [0.25, 0.3) is 5.91 Å². The Balaban J connectivity index is 1.85. The molecule has 0 radical (unpaired) electrons.